The van der Waals surface area contributed by atoms with Gasteiger partial charge in [-0.25, -0.2) is 0 Å². The summed E-state index contributed by atoms with van der Waals surface area (Å²) in [6, 6.07) is 17.1. The van der Waals surface area contributed by atoms with Crippen molar-refractivity contribution in [2.24, 2.45) is 0 Å². The first-order valence-corrected chi connectivity index (χ1v) is 7.28. The van der Waals surface area contributed by atoms with Gasteiger partial charge in [-0.1, -0.05) is 48.5 Å². The van der Waals surface area contributed by atoms with E-state index in [0.717, 1.165) is 5.56 Å². The minimum atomic E-state index is 0.456. The number of hydrogen-bond acceptors (Lipinski definition) is 2. The van der Waals surface area contributed by atoms with Gasteiger partial charge in [-0.15, -0.1) is 11.8 Å². The van der Waals surface area contributed by atoms with Crippen molar-refractivity contribution >= 4 is 39.4 Å². The Hall–Kier alpha value is -1.93. The van der Waals surface area contributed by atoms with E-state index in [-0.39, 0.29) is 0 Å². The number of hydrogen-bond donors (Lipinski definition) is 1. The molecule has 0 fully saturated rings. The summed E-state index contributed by atoms with van der Waals surface area (Å²) in [4.78, 5) is 1.28. The van der Waals surface area contributed by atoms with Crippen LogP contribution in [0.2, 0.25) is 0 Å². The third-order valence-corrected chi connectivity index (χ3v) is 4.78. The Bertz CT molecular complexity index is 833. The van der Waals surface area contributed by atoms with Crippen molar-refractivity contribution in [1.29, 1.82) is 0 Å². The summed E-state index contributed by atoms with van der Waals surface area (Å²) in [7, 11) is 0. The summed E-state index contributed by atoms with van der Waals surface area (Å²) in [6.45, 7) is 0. The monoisotopic (exact) mass is 264 g/mol. The Morgan fingerprint density at radius 2 is 1.68 bits per heavy atom. The molecule has 4 rings (SSSR count). The number of aliphatic hydroxyl groups is 1. The van der Waals surface area contributed by atoms with E-state index in [1.165, 1.54) is 26.4 Å². The maximum atomic E-state index is 9.64. The highest BCUT2D eigenvalue weighted by Crippen LogP contribution is 2.39. The summed E-state index contributed by atoms with van der Waals surface area (Å²) in [5, 5.41) is 14.8. The molecule has 1 aliphatic heterocycles. The van der Waals surface area contributed by atoms with Gasteiger partial charge in [-0.2, -0.15) is 0 Å². The van der Waals surface area contributed by atoms with Crippen LogP contribution in [-0.2, 0) is 0 Å². The molecular weight excluding hydrogens is 252 g/mol. The third kappa shape index (κ3) is 1.64. The van der Waals surface area contributed by atoms with Gasteiger partial charge in [0.25, 0.3) is 0 Å². The summed E-state index contributed by atoms with van der Waals surface area (Å²) in [5.41, 5.74) is 1.12. The van der Waals surface area contributed by atoms with Crippen LogP contribution in [0.25, 0.3) is 27.6 Å². The Kier molecular flexibility index (Phi) is 2.32. The van der Waals surface area contributed by atoms with E-state index in [1.54, 1.807) is 11.8 Å². The van der Waals surface area contributed by atoms with Crippen LogP contribution in [0.15, 0.2) is 59.2 Å². The van der Waals surface area contributed by atoms with Gasteiger partial charge in [0.15, 0.2) is 0 Å². The Morgan fingerprint density at radius 1 is 0.842 bits per heavy atom. The van der Waals surface area contributed by atoms with E-state index in [4.69, 9.17) is 0 Å². The normalized spacial score (nSPS) is 14.4. The minimum absolute atomic E-state index is 0.456. The summed E-state index contributed by atoms with van der Waals surface area (Å²) < 4.78 is 0. The molecule has 1 aliphatic rings. The molecule has 3 aromatic rings. The molecule has 2 heteroatoms. The van der Waals surface area contributed by atoms with Crippen molar-refractivity contribution in [3.63, 3.8) is 0 Å². The highest BCUT2D eigenvalue weighted by molar-refractivity contribution is 7.99. The fraction of sp³-hybridized carbons (Fsp3) is 0.0588. The molecule has 0 saturated heterocycles. The number of thioether (sulfide) groups is 1. The quantitative estimate of drug-likeness (QED) is 0.577. The number of benzene rings is 3. The second-order valence-corrected chi connectivity index (χ2v) is 5.78. The lowest BCUT2D eigenvalue weighted by Crippen LogP contribution is -1.95. The fourth-order valence-electron chi connectivity index (χ4n) is 2.72. The van der Waals surface area contributed by atoms with Gasteiger partial charge in [0.05, 0.1) is 5.75 Å². The van der Waals surface area contributed by atoms with Gasteiger partial charge in [0.2, 0.25) is 0 Å². The molecular formula is C17H12OS. The highest BCUT2D eigenvalue weighted by Gasteiger charge is 2.14. The molecule has 0 atom stereocenters. The number of aliphatic hydroxyl groups excluding tert-OH is 1. The number of rotatable bonds is 0. The molecule has 1 N–H and O–H groups in total. The Labute approximate surface area is 115 Å². The molecule has 0 aromatic heterocycles. The molecule has 0 saturated carbocycles. The largest absolute Gasteiger partial charge is 0.511 e. The Morgan fingerprint density at radius 3 is 2.63 bits per heavy atom. The molecule has 19 heavy (non-hydrogen) atoms. The average Bonchev–Trinajstić information content (AvgIpc) is 2.46. The van der Waals surface area contributed by atoms with Crippen molar-refractivity contribution in [3.8, 4) is 0 Å². The predicted octanol–water partition coefficient (Wildman–Crippen LogP) is 5.00. The lowest BCUT2D eigenvalue weighted by atomic mass is 9.99. The molecule has 0 unspecified atom stereocenters. The smallest absolute Gasteiger partial charge is 0.103 e. The molecule has 3 aromatic carbocycles. The third-order valence-electron chi connectivity index (χ3n) is 3.59. The predicted molar refractivity (Wildman–Crippen MR) is 82.8 cm³/mol. The van der Waals surface area contributed by atoms with Gasteiger partial charge in [0, 0.05) is 4.90 Å². The zero-order valence-corrected chi connectivity index (χ0v) is 11.1. The van der Waals surface area contributed by atoms with Crippen molar-refractivity contribution in [1.82, 2.24) is 0 Å². The number of fused-ring (bicyclic) bond motifs is 5. The molecule has 92 valence electrons. The first-order valence-electron chi connectivity index (χ1n) is 6.30. The van der Waals surface area contributed by atoms with Crippen LogP contribution in [0, 0.1) is 0 Å². The van der Waals surface area contributed by atoms with Gasteiger partial charge in [0.1, 0.15) is 5.76 Å². The van der Waals surface area contributed by atoms with Crippen LogP contribution in [0.1, 0.15) is 5.56 Å². The lowest BCUT2D eigenvalue weighted by molar-refractivity contribution is 0.422. The first kappa shape index (κ1) is 10.9. The van der Waals surface area contributed by atoms with Crippen LogP contribution in [0.5, 0.6) is 0 Å². The highest BCUT2D eigenvalue weighted by atomic mass is 32.2. The average molecular weight is 264 g/mol. The zero-order chi connectivity index (χ0) is 12.8. The molecule has 0 aliphatic carbocycles. The van der Waals surface area contributed by atoms with E-state index in [0.29, 0.717) is 11.5 Å². The van der Waals surface area contributed by atoms with Gasteiger partial charge in [-0.05, 0) is 33.2 Å². The second-order valence-electron chi connectivity index (χ2n) is 4.79. The molecule has 0 radical (unpaired) electrons. The van der Waals surface area contributed by atoms with E-state index in [1.807, 2.05) is 6.08 Å². The van der Waals surface area contributed by atoms with Gasteiger partial charge < -0.3 is 5.11 Å². The summed E-state index contributed by atoms with van der Waals surface area (Å²) in [6.07, 6.45) is 1.88. The summed E-state index contributed by atoms with van der Waals surface area (Å²) in [5.74, 6) is 1.12. The van der Waals surface area contributed by atoms with Crippen molar-refractivity contribution in [2.75, 3.05) is 5.75 Å². The van der Waals surface area contributed by atoms with Crippen molar-refractivity contribution in [3.05, 3.63) is 59.9 Å². The second kappa shape index (κ2) is 4.04. The molecule has 0 spiro atoms. The SMILES string of the molecule is OC1=Cc2ccc3c(ccc4ccccc43)c2SC1. The fourth-order valence-corrected chi connectivity index (χ4v) is 3.72. The molecule has 0 bridgehead atoms. The van der Waals surface area contributed by atoms with Crippen LogP contribution >= 0.6 is 11.8 Å². The van der Waals surface area contributed by atoms with Crippen LogP contribution < -0.4 is 0 Å². The topological polar surface area (TPSA) is 20.2 Å². The van der Waals surface area contributed by atoms with E-state index >= 15 is 0 Å². The van der Waals surface area contributed by atoms with E-state index < -0.39 is 0 Å². The van der Waals surface area contributed by atoms with Crippen LogP contribution in [0.4, 0.5) is 0 Å². The molecule has 1 nitrogen and oxygen atoms in total. The maximum Gasteiger partial charge on any atom is 0.103 e. The van der Waals surface area contributed by atoms with Crippen LogP contribution in [-0.4, -0.2) is 10.9 Å². The van der Waals surface area contributed by atoms with E-state index in [2.05, 4.69) is 48.5 Å². The minimum Gasteiger partial charge on any atom is -0.511 e. The van der Waals surface area contributed by atoms with Gasteiger partial charge in [-0.3, -0.25) is 0 Å². The first-order chi connectivity index (χ1) is 9.33. The zero-order valence-electron chi connectivity index (χ0n) is 10.3. The summed E-state index contributed by atoms with van der Waals surface area (Å²) >= 11 is 1.72. The van der Waals surface area contributed by atoms with Gasteiger partial charge >= 0.3 is 0 Å². The standard InChI is InChI=1S/C17H12OS/c18-13-9-12-6-7-15-14-4-2-1-3-11(14)5-8-16(15)17(12)19-10-13/h1-9,18H,10H2. The lowest BCUT2D eigenvalue weighted by Gasteiger charge is -2.16. The maximum absolute atomic E-state index is 9.64. The Balaban J connectivity index is 2.14. The van der Waals surface area contributed by atoms with Crippen molar-refractivity contribution < 1.29 is 5.11 Å². The van der Waals surface area contributed by atoms with Crippen molar-refractivity contribution in [2.45, 2.75) is 4.90 Å². The van der Waals surface area contributed by atoms with E-state index in [9.17, 15) is 5.11 Å². The molecule has 0 amide bonds. The van der Waals surface area contributed by atoms with Crippen LogP contribution in [0.3, 0.4) is 0 Å². The molecule has 1 heterocycles.